The predicted molar refractivity (Wildman–Crippen MR) is 87.8 cm³/mol. The Balaban J connectivity index is 0.000000585. The average Bonchev–Trinajstić information content (AvgIpc) is 2.52. The van der Waals surface area contributed by atoms with Gasteiger partial charge in [0.2, 0.25) is 0 Å². The molecule has 11 N–H and O–H groups in total. The van der Waals surface area contributed by atoms with Gasteiger partial charge in [0.05, 0.1) is 0 Å². The molecule has 0 saturated carbocycles. The quantitative estimate of drug-likeness (QED) is 0.121. The van der Waals surface area contributed by atoms with Gasteiger partial charge in [0.1, 0.15) is 5.54 Å². The zero-order valence-electron chi connectivity index (χ0n) is 13.2. The SMILES string of the molecule is C[C@@](Cc1ccc(O)c(O)c1)(NN)C(=O)O.NCCNCCN. The number of hydrazine groups is 1. The van der Waals surface area contributed by atoms with Crippen LogP contribution in [0.3, 0.4) is 0 Å². The van der Waals surface area contributed by atoms with E-state index < -0.39 is 11.5 Å². The van der Waals surface area contributed by atoms with Crippen molar-refractivity contribution in [2.24, 2.45) is 17.3 Å². The summed E-state index contributed by atoms with van der Waals surface area (Å²) in [6.45, 7) is 4.56. The summed E-state index contributed by atoms with van der Waals surface area (Å²) in [4.78, 5) is 11.0. The van der Waals surface area contributed by atoms with Crippen LogP contribution >= 0.6 is 0 Å². The lowest BCUT2D eigenvalue weighted by Gasteiger charge is -2.23. The van der Waals surface area contributed by atoms with Gasteiger partial charge in [-0.25, -0.2) is 5.43 Å². The van der Waals surface area contributed by atoms with Crippen molar-refractivity contribution in [1.82, 2.24) is 10.7 Å². The highest BCUT2D eigenvalue weighted by Gasteiger charge is 2.32. The number of nitrogens with one attached hydrogen (secondary N) is 2. The van der Waals surface area contributed by atoms with Crippen LogP contribution in [-0.4, -0.2) is 53.0 Å². The van der Waals surface area contributed by atoms with Gasteiger partial charge in [0.15, 0.2) is 11.5 Å². The second-order valence-electron chi connectivity index (χ2n) is 5.11. The molecule has 132 valence electrons. The minimum atomic E-state index is -1.32. The van der Waals surface area contributed by atoms with Crippen molar-refractivity contribution in [3.8, 4) is 11.5 Å². The first kappa shape index (κ1) is 21.1. The third-order valence-electron chi connectivity index (χ3n) is 3.03. The Morgan fingerprint density at radius 3 is 2.13 bits per heavy atom. The fourth-order valence-electron chi connectivity index (χ4n) is 1.60. The topological polar surface area (TPSA) is 180 Å². The number of hydrogen-bond acceptors (Lipinski definition) is 8. The Kier molecular flexibility index (Phi) is 9.86. The van der Waals surface area contributed by atoms with Crippen molar-refractivity contribution in [1.29, 1.82) is 0 Å². The fraction of sp³-hybridized carbons (Fsp3) is 0.500. The molecule has 0 aromatic heterocycles. The first-order chi connectivity index (χ1) is 10.8. The normalized spacial score (nSPS) is 12.9. The number of phenolic OH excluding ortho intramolecular Hbond substituents is 2. The number of aliphatic carboxylic acids is 1. The highest BCUT2D eigenvalue weighted by Crippen LogP contribution is 2.26. The molecule has 0 aliphatic carbocycles. The van der Waals surface area contributed by atoms with Gasteiger partial charge in [-0.2, -0.15) is 0 Å². The Bertz CT molecular complexity index is 482. The number of hydrogen-bond donors (Lipinski definition) is 8. The summed E-state index contributed by atoms with van der Waals surface area (Å²) in [6, 6.07) is 4.12. The van der Waals surface area contributed by atoms with Gasteiger partial charge < -0.3 is 32.1 Å². The number of aromatic hydroxyl groups is 2. The minimum Gasteiger partial charge on any atom is -0.504 e. The lowest BCUT2D eigenvalue weighted by Crippen LogP contribution is -2.54. The van der Waals surface area contributed by atoms with Crippen LogP contribution < -0.4 is 28.1 Å². The summed E-state index contributed by atoms with van der Waals surface area (Å²) in [5.74, 6) is 3.55. The summed E-state index contributed by atoms with van der Waals surface area (Å²) < 4.78 is 0. The van der Waals surface area contributed by atoms with Gasteiger partial charge >= 0.3 is 5.97 Å². The summed E-state index contributed by atoms with van der Waals surface area (Å²) in [5.41, 5.74) is 11.8. The molecule has 23 heavy (non-hydrogen) atoms. The van der Waals surface area contributed by atoms with Crippen molar-refractivity contribution in [2.45, 2.75) is 18.9 Å². The highest BCUT2D eigenvalue weighted by atomic mass is 16.4. The lowest BCUT2D eigenvalue weighted by atomic mass is 9.93. The van der Waals surface area contributed by atoms with E-state index in [1.165, 1.54) is 25.1 Å². The van der Waals surface area contributed by atoms with Gasteiger partial charge in [-0.1, -0.05) is 6.07 Å². The summed E-state index contributed by atoms with van der Waals surface area (Å²) in [5, 5.41) is 30.4. The van der Waals surface area contributed by atoms with Gasteiger partial charge in [0, 0.05) is 32.6 Å². The lowest BCUT2D eigenvalue weighted by molar-refractivity contribution is -0.144. The molecule has 0 heterocycles. The summed E-state index contributed by atoms with van der Waals surface area (Å²) in [6.07, 6.45) is 0.0900. The van der Waals surface area contributed by atoms with Crippen molar-refractivity contribution >= 4 is 5.97 Å². The maximum Gasteiger partial charge on any atom is 0.325 e. The second-order valence-corrected chi connectivity index (χ2v) is 5.11. The molecule has 0 fully saturated rings. The van der Waals surface area contributed by atoms with Crippen molar-refractivity contribution in [3.63, 3.8) is 0 Å². The van der Waals surface area contributed by atoms with Crippen LogP contribution in [0.2, 0.25) is 0 Å². The molecule has 0 amide bonds. The van der Waals surface area contributed by atoms with Gasteiger partial charge in [0.25, 0.3) is 0 Å². The Hall–Kier alpha value is -1.91. The average molecular weight is 329 g/mol. The van der Waals surface area contributed by atoms with Crippen LogP contribution in [0.1, 0.15) is 12.5 Å². The molecule has 1 atom stereocenters. The molecule has 0 bridgehead atoms. The van der Waals surface area contributed by atoms with Crippen LogP contribution in [0.4, 0.5) is 0 Å². The molecule has 9 nitrogen and oxygen atoms in total. The number of nitrogens with two attached hydrogens (primary N) is 3. The molecule has 0 unspecified atom stereocenters. The molecule has 1 aromatic carbocycles. The van der Waals surface area contributed by atoms with Crippen LogP contribution in [0.25, 0.3) is 0 Å². The van der Waals surface area contributed by atoms with E-state index in [-0.39, 0.29) is 17.9 Å². The van der Waals surface area contributed by atoms with Gasteiger partial charge in [-0.15, -0.1) is 0 Å². The maximum atomic E-state index is 11.0. The molecular formula is C14H27N5O4. The van der Waals surface area contributed by atoms with E-state index in [4.69, 9.17) is 27.5 Å². The van der Waals surface area contributed by atoms with E-state index >= 15 is 0 Å². The molecule has 1 rings (SSSR count). The van der Waals surface area contributed by atoms with Crippen molar-refractivity contribution < 1.29 is 20.1 Å². The van der Waals surface area contributed by atoms with E-state index in [1.54, 1.807) is 0 Å². The van der Waals surface area contributed by atoms with Crippen molar-refractivity contribution in [3.05, 3.63) is 23.8 Å². The van der Waals surface area contributed by atoms with Crippen LogP contribution in [-0.2, 0) is 11.2 Å². The molecule has 0 saturated heterocycles. The first-order valence-electron chi connectivity index (χ1n) is 7.13. The smallest absolute Gasteiger partial charge is 0.325 e. The van der Waals surface area contributed by atoms with Crippen LogP contribution in [0, 0.1) is 0 Å². The molecule has 0 radical (unpaired) electrons. The zero-order valence-corrected chi connectivity index (χ0v) is 13.2. The van der Waals surface area contributed by atoms with E-state index in [2.05, 4.69) is 10.7 Å². The minimum absolute atomic E-state index is 0.0900. The van der Waals surface area contributed by atoms with Crippen molar-refractivity contribution in [2.75, 3.05) is 26.2 Å². The van der Waals surface area contributed by atoms with Crippen LogP contribution in [0.15, 0.2) is 18.2 Å². The fourth-order valence-corrected chi connectivity index (χ4v) is 1.60. The highest BCUT2D eigenvalue weighted by molar-refractivity contribution is 5.78. The monoisotopic (exact) mass is 329 g/mol. The summed E-state index contributed by atoms with van der Waals surface area (Å²) >= 11 is 0. The Labute approximate surface area is 135 Å². The van der Waals surface area contributed by atoms with Crippen LogP contribution in [0.5, 0.6) is 11.5 Å². The van der Waals surface area contributed by atoms with Gasteiger partial charge in [-0.05, 0) is 24.6 Å². The van der Waals surface area contributed by atoms with E-state index in [0.29, 0.717) is 18.7 Å². The standard InChI is InChI=1S/C10H14N2O4.C4H13N3/c1-10(12-11,9(15)16)5-6-2-3-7(13)8(14)4-6;5-1-3-7-4-2-6/h2-4,12-14H,5,11H2,1H3,(H,15,16);7H,1-6H2/t10-;/m0./s1. The molecule has 0 aliphatic rings. The summed E-state index contributed by atoms with van der Waals surface area (Å²) in [7, 11) is 0. The number of rotatable bonds is 8. The Morgan fingerprint density at radius 2 is 1.74 bits per heavy atom. The van der Waals surface area contributed by atoms with Gasteiger partial charge in [-0.3, -0.25) is 10.6 Å². The molecule has 1 aromatic rings. The molecular weight excluding hydrogens is 302 g/mol. The third kappa shape index (κ3) is 7.77. The number of carboxylic acid groups (broad SMARTS) is 1. The predicted octanol–water partition coefficient (Wildman–Crippen LogP) is -1.56. The van der Waals surface area contributed by atoms with E-state index in [1.807, 2.05) is 0 Å². The zero-order chi connectivity index (χ0) is 17.9. The molecule has 0 aliphatic heterocycles. The maximum absolute atomic E-state index is 11.0. The number of carbonyl (C=O) groups is 1. The number of benzene rings is 1. The molecule has 9 heteroatoms. The Morgan fingerprint density at radius 1 is 1.17 bits per heavy atom. The third-order valence-corrected chi connectivity index (χ3v) is 3.03. The number of phenols is 2. The largest absolute Gasteiger partial charge is 0.504 e. The first-order valence-corrected chi connectivity index (χ1v) is 7.13. The number of carboxylic acids is 1. The molecule has 0 spiro atoms. The van der Waals surface area contributed by atoms with E-state index in [0.717, 1.165) is 13.1 Å². The van der Waals surface area contributed by atoms with E-state index in [9.17, 15) is 9.90 Å². The second kappa shape index (κ2) is 10.8.